The van der Waals surface area contributed by atoms with Crippen LogP contribution < -0.4 is 5.73 Å². The van der Waals surface area contributed by atoms with E-state index < -0.39 is 0 Å². The van der Waals surface area contributed by atoms with Crippen LogP contribution in [-0.2, 0) is 5.41 Å². The van der Waals surface area contributed by atoms with Crippen LogP contribution in [0.5, 0.6) is 0 Å². The molecule has 0 aliphatic rings. The van der Waals surface area contributed by atoms with Gasteiger partial charge in [-0.2, -0.15) is 0 Å². The highest BCUT2D eigenvalue weighted by molar-refractivity contribution is 7.18. The highest BCUT2D eigenvalue weighted by Gasteiger charge is 2.30. The van der Waals surface area contributed by atoms with E-state index >= 15 is 0 Å². The van der Waals surface area contributed by atoms with Crippen LogP contribution in [0.4, 0.5) is 4.39 Å². The highest BCUT2D eigenvalue weighted by Crippen LogP contribution is 2.36. The van der Waals surface area contributed by atoms with E-state index in [1.165, 1.54) is 12.1 Å². The smallest absolute Gasteiger partial charge is 0.125 e. The number of rotatable bonds is 4. The van der Waals surface area contributed by atoms with Gasteiger partial charge in [-0.3, -0.25) is 0 Å². The summed E-state index contributed by atoms with van der Waals surface area (Å²) in [5.41, 5.74) is 6.59. The highest BCUT2D eigenvalue weighted by atomic mass is 32.1. The van der Waals surface area contributed by atoms with E-state index in [1.807, 2.05) is 0 Å². The van der Waals surface area contributed by atoms with Gasteiger partial charge in [-0.25, -0.2) is 9.37 Å². The molecule has 4 heteroatoms. The summed E-state index contributed by atoms with van der Waals surface area (Å²) >= 11 is 1.63. The minimum atomic E-state index is -0.235. The number of fused-ring (bicyclic) bond motifs is 1. The van der Waals surface area contributed by atoms with Crippen LogP contribution >= 0.6 is 11.3 Å². The Kier molecular flexibility index (Phi) is 3.45. The van der Waals surface area contributed by atoms with E-state index in [4.69, 9.17) is 5.73 Å². The van der Waals surface area contributed by atoms with Crippen LogP contribution in [0.25, 0.3) is 10.2 Å². The average Bonchev–Trinajstić information content (AvgIpc) is 2.75. The molecule has 0 bridgehead atoms. The molecule has 1 aromatic carbocycles. The molecule has 0 unspecified atom stereocenters. The molecule has 2 nitrogen and oxygen atoms in total. The van der Waals surface area contributed by atoms with Gasteiger partial charge in [0.15, 0.2) is 0 Å². The van der Waals surface area contributed by atoms with Gasteiger partial charge in [0.25, 0.3) is 0 Å². The molecular formula is C13H17FN2S. The Morgan fingerprint density at radius 2 is 2.06 bits per heavy atom. The van der Waals surface area contributed by atoms with Crippen molar-refractivity contribution in [1.29, 1.82) is 0 Å². The molecule has 0 radical (unpaired) electrons. The lowest BCUT2D eigenvalue weighted by molar-refractivity contribution is 0.405. The fraction of sp³-hybridized carbons (Fsp3) is 0.462. The van der Waals surface area contributed by atoms with Crippen LogP contribution in [0.15, 0.2) is 18.2 Å². The number of halogens is 1. The molecule has 0 spiro atoms. The first-order chi connectivity index (χ1) is 8.15. The van der Waals surface area contributed by atoms with Gasteiger partial charge in [0.05, 0.1) is 10.2 Å². The maximum absolute atomic E-state index is 13.1. The minimum absolute atomic E-state index is 0.0554. The second-order valence-corrected chi connectivity index (χ2v) is 5.35. The van der Waals surface area contributed by atoms with E-state index in [1.54, 1.807) is 17.4 Å². The third-order valence-corrected chi connectivity index (χ3v) is 4.83. The van der Waals surface area contributed by atoms with Crippen molar-refractivity contribution >= 4 is 21.6 Å². The van der Waals surface area contributed by atoms with Crippen molar-refractivity contribution in [2.45, 2.75) is 32.1 Å². The SMILES string of the molecule is CCC(CC)(CN)c1nc2cc(F)ccc2s1. The zero-order valence-corrected chi connectivity index (χ0v) is 11.0. The first-order valence-electron chi connectivity index (χ1n) is 5.92. The number of hydrogen-bond acceptors (Lipinski definition) is 3. The zero-order valence-electron chi connectivity index (χ0n) is 10.2. The zero-order chi connectivity index (χ0) is 12.5. The molecule has 0 atom stereocenters. The van der Waals surface area contributed by atoms with Crippen LogP contribution in [0.3, 0.4) is 0 Å². The third-order valence-electron chi connectivity index (χ3n) is 3.55. The molecule has 0 fully saturated rings. The summed E-state index contributed by atoms with van der Waals surface area (Å²) in [7, 11) is 0. The Labute approximate surface area is 105 Å². The second-order valence-electron chi connectivity index (χ2n) is 4.32. The van der Waals surface area contributed by atoms with Gasteiger partial charge in [-0.05, 0) is 25.0 Å². The molecular weight excluding hydrogens is 235 g/mol. The topological polar surface area (TPSA) is 38.9 Å². The van der Waals surface area contributed by atoms with Gasteiger partial charge < -0.3 is 5.73 Å². The van der Waals surface area contributed by atoms with Gasteiger partial charge >= 0.3 is 0 Å². The van der Waals surface area contributed by atoms with E-state index in [0.29, 0.717) is 6.54 Å². The Morgan fingerprint density at radius 1 is 1.35 bits per heavy atom. The molecule has 2 aromatic rings. The van der Waals surface area contributed by atoms with E-state index in [9.17, 15) is 4.39 Å². The summed E-state index contributed by atoms with van der Waals surface area (Å²) in [6.07, 6.45) is 1.92. The summed E-state index contributed by atoms with van der Waals surface area (Å²) in [5.74, 6) is -0.235. The second kappa shape index (κ2) is 4.70. The number of nitrogens with two attached hydrogens (primary N) is 1. The summed E-state index contributed by atoms with van der Waals surface area (Å²) in [6.45, 7) is 4.84. The van der Waals surface area contributed by atoms with Crippen molar-refractivity contribution in [2.75, 3.05) is 6.54 Å². The monoisotopic (exact) mass is 252 g/mol. The summed E-state index contributed by atoms with van der Waals surface area (Å²) < 4.78 is 14.2. The first-order valence-corrected chi connectivity index (χ1v) is 6.73. The minimum Gasteiger partial charge on any atom is -0.329 e. The molecule has 0 aliphatic heterocycles. The molecule has 17 heavy (non-hydrogen) atoms. The van der Waals surface area contributed by atoms with Gasteiger partial charge in [0.2, 0.25) is 0 Å². The van der Waals surface area contributed by atoms with Crippen molar-refractivity contribution in [3.63, 3.8) is 0 Å². The lowest BCUT2D eigenvalue weighted by atomic mass is 9.83. The maximum Gasteiger partial charge on any atom is 0.125 e. The van der Waals surface area contributed by atoms with Crippen molar-refractivity contribution in [3.8, 4) is 0 Å². The Balaban J connectivity index is 2.55. The Bertz CT molecular complexity index is 509. The van der Waals surface area contributed by atoms with E-state index in [2.05, 4.69) is 18.8 Å². The van der Waals surface area contributed by atoms with Crippen molar-refractivity contribution in [3.05, 3.63) is 29.0 Å². The molecule has 2 N–H and O–H groups in total. The fourth-order valence-corrected chi connectivity index (χ4v) is 3.34. The number of hydrogen-bond donors (Lipinski definition) is 1. The van der Waals surface area contributed by atoms with Crippen LogP contribution in [0, 0.1) is 5.82 Å². The van der Waals surface area contributed by atoms with Crippen LogP contribution in [0.1, 0.15) is 31.7 Å². The Hall–Kier alpha value is -1.00. The largest absolute Gasteiger partial charge is 0.329 e. The number of benzene rings is 1. The van der Waals surface area contributed by atoms with Gasteiger partial charge in [0.1, 0.15) is 10.8 Å². The third kappa shape index (κ3) is 2.07. The fourth-order valence-electron chi connectivity index (χ4n) is 2.06. The molecule has 0 aliphatic carbocycles. The summed E-state index contributed by atoms with van der Waals surface area (Å²) in [4.78, 5) is 4.56. The predicted molar refractivity (Wildman–Crippen MR) is 70.9 cm³/mol. The van der Waals surface area contributed by atoms with Gasteiger partial charge in [-0.1, -0.05) is 13.8 Å². The molecule has 2 rings (SSSR count). The summed E-state index contributed by atoms with van der Waals surface area (Å²) in [5, 5.41) is 1.03. The molecule has 1 aromatic heterocycles. The van der Waals surface area contributed by atoms with Crippen LogP contribution in [0.2, 0.25) is 0 Å². The lowest BCUT2D eigenvalue weighted by Crippen LogP contribution is -2.33. The molecule has 92 valence electrons. The van der Waals surface area contributed by atoms with E-state index in [-0.39, 0.29) is 11.2 Å². The number of thiazole rings is 1. The average molecular weight is 252 g/mol. The molecule has 0 amide bonds. The maximum atomic E-state index is 13.1. The quantitative estimate of drug-likeness (QED) is 0.905. The van der Waals surface area contributed by atoms with Crippen molar-refractivity contribution in [2.24, 2.45) is 5.73 Å². The van der Waals surface area contributed by atoms with Crippen molar-refractivity contribution in [1.82, 2.24) is 4.98 Å². The number of aromatic nitrogens is 1. The molecule has 1 heterocycles. The van der Waals surface area contributed by atoms with Crippen LogP contribution in [-0.4, -0.2) is 11.5 Å². The summed E-state index contributed by atoms with van der Waals surface area (Å²) in [6, 6.07) is 4.76. The Morgan fingerprint density at radius 3 is 2.65 bits per heavy atom. The molecule has 0 saturated heterocycles. The normalized spacial score (nSPS) is 12.2. The first kappa shape index (κ1) is 12.5. The lowest BCUT2D eigenvalue weighted by Gasteiger charge is -2.27. The van der Waals surface area contributed by atoms with E-state index in [0.717, 1.165) is 28.1 Å². The standard InChI is InChI=1S/C13H17FN2S/c1-3-13(4-2,8-15)12-16-10-7-9(14)5-6-11(10)17-12/h5-7H,3-4,8,15H2,1-2H3. The predicted octanol–water partition coefficient (Wildman–Crippen LogP) is 3.45. The number of nitrogens with zero attached hydrogens (tertiary/aromatic N) is 1. The van der Waals surface area contributed by atoms with Gasteiger partial charge in [-0.15, -0.1) is 11.3 Å². The van der Waals surface area contributed by atoms with Gasteiger partial charge in [0, 0.05) is 18.0 Å². The molecule has 0 saturated carbocycles. The van der Waals surface area contributed by atoms with Crippen molar-refractivity contribution < 1.29 is 4.39 Å².